The van der Waals surface area contributed by atoms with Crippen LogP contribution in [0, 0.1) is 11.7 Å². The lowest BCUT2D eigenvalue weighted by atomic mass is 10.0. The van der Waals surface area contributed by atoms with Crippen molar-refractivity contribution in [3.8, 4) is 22.4 Å². The number of rotatable bonds is 9. The molecule has 3 aromatic carbocycles. The summed E-state index contributed by atoms with van der Waals surface area (Å²) in [4.78, 5) is 31.8. The number of benzene rings is 3. The lowest BCUT2D eigenvalue weighted by Gasteiger charge is -2.36. The molecule has 1 aliphatic rings. The fraction of sp³-hybridized carbons (Fsp3) is 0.294. The number of anilines is 1. The Bertz CT molecular complexity index is 1490. The average Bonchev–Trinajstić information content (AvgIpc) is 3.05. The fourth-order valence-electron chi connectivity index (χ4n) is 5.09. The summed E-state index contributed by atoms with van der Waals surface area (Å²) < 4.78 is 14.4. The Morgan fingerprint density at radius 3 is 2.10 bits per heavy atom. The molecule has 2 amide bonds. The zero-order valence-electron chi connectivity index (χ0n) is 24.1. The molecule has 5 rings (SSSR count). The van der Waals surface area contributed by atoms with Gasteiger partial charge in [-0.05, 0) is 41.3 Å². The molecule has 0 aliphatic carbocycles. The molecule has 0 saturated carbocycles. The fourth-order valence-corrected chi connectivity index (χ4v) is 5.09. The SMILES string of the molecule is CC[C@H](C)CN(CC(=O)N1CCN(c2ccc(-c3ccc(-c4ccccc4)cc3)nn2)CC1)C(=O)c1ccccc1F. The molecule has 2 heterocycles. The summed E-state index contributed by atoms with van der Waals surface area (Å²) in [6.45, 7) is 6.62. The quantitative estimate of drug-likeness (QED) is 0.257. The highest BCUT2D eigenvalue weighted by molar-refractivity contribution is 5.96. The average molecular weight is 566 g/mol. The number of hydrogen-bond donors (Lipinski definition) is 0. The van der Waals surface area contributed by atoms with Crippen molar-refractivity contribution < 1.29 is 14.0 Å². The van der Waals surface area contributed by atoms with Crippen LogP contribution in [-0.2, 0) is 4.79 Å². The lowest BCUT2D eigenvalue weighted by molar-refractivity contribution is -0.132. The summed E-state index contributed by atoms with van der Waals surface area (Å²) in [6, 6.07) is 28.4. The van der Waals surface area contributed by atoms with Gasteiger partial charge in [-0.2, -0.15) is 0 Å². The van der Waals surface area contributed by atoms with Crippen LogP contribution in [0.15, 0.2) is 91.0 Å². The molecule has 1 fully saturated rings. The van der Waals surface area contributed by atoms with E-state index in [9.17, 15) is 14.0 Å². The highest BCUT2D eigenvalue weighted by Crippen LogP contribution is 2.24. The highest BCUT2D eigenvalue weighted by Gasteiger charge is 2.27. The third kappa shape index (κ3) is 6.82. The van der Waals surface area contributed by atoms with Crippen LogP contribution in [0.4, 0.5) is 10.2 Å². The topological polar surface area (TPSA) is 69.6 Å². The second-order valence-corrected chi connectivity index (χ2v) is 10.8. The number of amides is 2. The van der Waals surface area contributed by atoms with Gasteiger partial charge in [0.15, 0.2) is 5.82 Å². The van der Waals surface area contributed by atoms with Crippen molar-refractivity contribution in [1.82, 2.24) is 20.0 Å². The summed E-state index contributed by atoms with van der Waals surface area (Å²) in [5.41, 5.74) is 4.11. The van der Waals surface area contributed by atoms with Crippen LogP contribution in [0.3, 0.4) is 0 Å². The number of carbonyl (C=O) groups is 2. The Hall–Kier alpha value is -4.59. The van der Waals surface area contributed by atoms with Gasteiger partial charge in [-0.1, -0.05) is 87.0 Å². The molecule has 0 spiro atoms. The molecule has 7 nitrogen and oxygen atoms in total. The number of aromatic nitrogens is 2. The molecule has 0 bridgehead atoms. The van der Waals surface area contributed by atoms with Crippen molar-refractivity contribution in [3.63, 3.8) is 0 Å². The third-order valence-electron chi connectivity index (χ3n) is 7.84. The first-order valence-electron chi connectivity index (χ1n) is 14.5. The molecule has 4 aromatic rings. The summed E-state index contributed by atoms with van der Waals surface area (Å²) >= 11 is 0. The maximum atomic E-state index is 14.4. The van der Waals surface area contributed by atoms with E-state index in [2.05, 4.69) is 51.5 Å². The van der Waals surface area contributed by atoms with Gasteiger partial charge in [0.2, 0.25) is 5.91 Å². The minimum absolute atomic E-state index is 0.00687. The highest BCUT2D eigenvalue weighted by atomic mass is 19.1. The van der Waals surface area contributed by atoms with Gasteiger partial charge in [0.25, 0.3) is 5.91 Å². The van der Waals surface area contributed by atoms with Crippen LogP contribution in [0.5, 0.6) is 0 Å². The van der Waals surface area contributed by atoms with Crippen molar-refractivity contribution in [1.29, 1.82) is 0 Å². The standard InChI is InChI=1S/C34H36FN5O2/c1-3-25(2)23-40(34(42)29-11-7-8-12-30(29)35)24-33(41)39-21-19-38(20-22-39)32-18-17-31(36-37-32)28-15-13-27(14-16-28)26-9-5-4-6-10-26/h4-18,25H,3,19-24H2,1-2H3/t25-/m0/s1. The van der Waals surface area contributed by atoms with E-state index < -0.39 is 11.7 Å². The molecular formula is C34H36FN5O2. The van der Waals surface area contributed by atoms with Gasteiger partial charge in [-0.15, -0.1) is 10.2 Å². The molecule has 1 saturated heterocycles. The van der Waals surface area contributed by atoms with Gasteiger partial charge in [0, 0.05) is 38.3 Å². The van der Waals surface area contributed by atoms with Gasteiger partial charge in [-0.3, -0.25) is 9.59 Å². The molecule has 0 unspecified atom stereocenters. The van der Waals surface area contributed by atoms with E-state index in [1.165, 1.54) is 22.6 Å². The molecule has 8 heteroatoms. The van der Waals surface area contributed by atoms with Crippen molar-refractivity contribution in [3.05, 3.63) is 102 Å². The molecule has 0 N–H and O–H groups in total. The van der Waals surface area contributed by atoms with Gasteiger partial charge in [0.05, 0.1) is 11.3 Å². The van der Waals surface area contributed by atoms with Crippen molar-refractivity contribution in [2.45, 2.75) is 20.3 Å². The second kappa shape index (κ2) is 13.4. The molecule has 0 radical (unpaired) electrons. The van der Waals surface area contributed by atoms with Crippen LogP contribution >= 0.6 is 0 Å². The minimum Gasteiger partial charge on any atom is -0.352 e. The number of nitrogens with zero attached hydrogens (tertiary/aromatic N) is 5. The Labute approximate surface area is 246 Å². The van der Waals surface area contributed by atoms with E-state index >= 15 is 0 Å². The van der Waals surface area contributed by atoms with Crippen molar-refractivity contribution >= 4 is 17.6 Å². The van der Waals surface area contributed by atoms with Gasteiger partial charge < -0.3 is 14.7 Å². The van der Waals surface area contributed by atoms with Gasteiger partial charge in [-0.25, -0.2) is 4.39 Å². The predicted octanol–water partition coefficient (Wildman–Crippen LogP) is 5.79. The molecule has 42 heavy (non-hydrogen) atoms. The molecule has 1 atom stereocenters. The first kappa shape index (κ1) is 28.9. The summed E-state index contributed by atoms with van der Waals surface area (Å²) in [5.74, 6) is -0.212. The predicted molar refractivity (Wildman–Crippen MR) is 163 cm³/mol. The largest absolute Gasteiger partial charge is 0.352 e. The van der Waals surface area contributed by atoms with Gasteiger partial charge in [0.1, 0.15) is 12.4 Å². The van der Waals surface area contributed by atoms with Crippen LogP contribution in [0.2, 0.25) is 0 Å². The Balaban J connectivity index is 1.18. The lowest BCUT2D eigenvalue weighted by Crippen LogP contribution is -2.52. The maximum Gasteiger partial charge on any atom is 0.257 e. The monoisotopic (exact) mass is 565 g/mol. The number of carbonyl (C=O) groups excluding carboxylic acids is 2. The van der Waals surface area contributed by atoms with Crippen LogP contribution < -0.4 is 4.90 Å². The normalized spacial score (nSPS) is 14.0. The third-order valence-corrected chi connectivity index (χ3v) is 7.84. The number of halogens is 1. The van der Waals surface area contributed by atoms with Crippen LogP contribution in [0.1, 0.15) is 30.6 Å². The molecule has 216 valence electrons. The van der Waals surface area contributed by atoms with E-state index in [1.54, 1.807) is 17.0 Å². The van der Waals surface area contributed by atoms with Crippen molar-refractivity contribution in [2.75, 3.05) is 44.2 Å². The van der Waals surface area contributed by atoms with Gasteiger partial charge >= 0.3 is 0 Å². The Morgan fingerprint density at radius 1 is 0.810 bits per heavy atom. The smallest absolute Gasteiger partial charge is 0.257 e. The first-order valence-corrected chi connectivity index (χ1v) is 14.5. The minimum atomic E-state index is -0.575. The molecule has 1 aromatic heterocycles. The van der Waals surface area contributed by atoms with Crippen LogP contribution in [0.25, 0.3) is 22.4 Å². The number of piperazine rings is 1. The van der Waals surface area contributed by atoms with E-state index in [-0.39, 0.29) is 23.9 Å². The van der Waals surface area contributed by atoms with Crippen LogP contribution in [-0.4, -0.2) is 71.1 Å². The summed E-state index contributed by atoms with van der Waals surface area (Å²) in [6.07, 6.45) is 0.854. The molecular weight excluding hydrogens is 529 g/mol. The van der Waals surface area contributed by atoms with E-state index in [0.717, 1.165) is 29.1 Å². The zero-order valence-corrected chi connectivity index (χ0v) is 24.1. The number of hydrogen-bond acceptors (Lipinski definition) is 5. The van der Waals surface area contributed by atoms with E-state index in [4.69, 9.17) is 0 Å². The van der Waals surface area contributed by atoms with E-state index in [1.807, 2.05) is 44.2 Å². The second-order valence-electron chi connectivity index (χ2n) is 10.8. The summed E-state index contributed by atoms with van der Waals surface area (Å²) in [5, 5.41) is 8.93. The Morgan fingerprint density at radius 2 is 1.45 bits per heavy atom. The van der Waals surface area contributed by atoms with E-state index in [0.29, 0.717) is 32.7 Å². The Kier molecular flexibility index (Phi) is 9.21. The molecule has 1 aliphatic heterocycles. The summed E-state index contributed by atoms with van der Waals surface area (Å²) in [7, 11) is 0. The van der Waals surface area contributed by atoms with Crippen molar-refractivity contribution in [2.24, 2.45) is 5.92 Å². The first-order chi connectivity index (χ1) is 20.4. The maximum absolute atomic E-state index is 14.4. The zero-order chi connectivity index (χ0) is 29.5.